The van der Waals surface area contributed by atoms with Gasteiger partial charge in [0.25, 0.3) is 0 Å². The van der Waals surface area contributed by atoms with Crippen LogP contribution in [0.2, 0.25) is 0 Å². The van der Waals surface area contributed by atoms with Gasteiger partial charge in [-0.1, -0.05) is 12.1 Å². The Kier molecular flexibility index (Phi) is 10.2. The van der Waals surface area contributed by atoms with E-state index < -0.39 is 35.3 Å². The van der Waals surface area contributed by atoms with E-state index in [1.54, 1.807) is 24.3 Å². The Labute approximate surface area is 241 Å². The summed E-state index contributed by atoms with van der Waals surface area (Å²) in [5.41, 5.74) is -0.477. The number of ketones is 1. The monoisotopic (exact) mass is 578 g/mol. The zero-order valence-electron chi connectivity index (χ0n) is 23.5. The molecule has 0 spiro atoms. The van der Waals surface area contributed by atoms with Crippen LogP contribution in [0.25, 0.3) is 0 Å². The summed E-state index contributed by atoms with van der Waals surface area (Å²) in [6.45, 7) is 2.58. The molecule has 0 radical (unpaired) electrons. The summed E-state index contributed by atoms with van der Waals surface area (Å²) in [6, 6.07) is 14.8. The Balaban J connectivity index is 1.66. The van der Waals surface area contributed by atoms with Gasteiger partial charge in [-0.25, -0.2) is 19.2 Å². The number of hydrogen-bond donors (Lipinski definition) is 2. The summed E-state index contributed by atoms with van der Waals surface area (Å²) in [6.07, 6.45) is 0.190. The SMILES string of the molecule is COC(=O)c1ccc(Cc2ccc(C(=O)OCCOc3ccc(C(=O)C(C)(C)O)cc3)c(C(=O)O)c2)cc1C(=O)OC. The number of aliphatic hydroxyl groups is 1. The lowest BCUT2D eigenvalue weighted by Crippen LogP contribution is -2.30. The standard InChI is InChI=1S/C31H30O11/c1-31(2,38)26(32)20-7-9-21(10-8-20)41-13-14-42-30(37)22-11-5-18(16-24(22)27(33)34)15-19-6-12-23(28(35)39-3)25(17-19)29(36)40-4/h5-12,16-17,38H,13-15H2,1-4H3,(H,33,34). The number of ether oxygens (including phenoxy) is 4. The smallest absolute Gasteiger partial charge is 0.339 e. The molecule has 3 rings (SSSR count). The zero-order valence-corrected chi connectivity index (χ0v) is 23.5. The van der Waals surface area contributed by atoms with Crippen molar-refractivity contribution in [3.05, 3.63) is 99.6 Å². The van der Waals surface area contributed by atoms with Crippen LogP contribution in [-0.4, -0.2) is 72.9 Å². The van der Waals surface area contributed by atoms with Gasteiger partial charge in [-0.05, 0) is 79.9 Å². The van der Waals surface area contributed by atoms with E-state index in [0.29, 0.717) is 22.4 Å². The lowest BCUT2D eigenvalue weighted by molar-refractivity contribution is 0.0441. The molecule has 0 saturated carbocycles. The normalized spacial score (nSPS) is 10.9. The van der Waals surface area contributed by atoms with Gasteiger partial charge < -0.3 is 29.2 Å². The molecule has 3 aromatic rings. The highest BCUT2D eigenvalue weighted by molar-refractivity contribution is 6.04. The maximum Gasteiger partial charge on any atom is 0.339 e. The van der Waals surface area contributed by atoms with Crippen LogP contribution in [0.15, 0.2) is 60.7 Å². The molecule has 11 nitrogen and oxygen atoms in total. The number of hydrogen-bond acceptors (Lipinski definition) is 10. The largest absolute Gasteiger partial charge is 0.490 e. The Morgan fingerprint density at radius 3 is 1.74 bits per heavy atom. The fraction of sp³-hybridized carbons (Fsp3) is 0.258. The number of methoxy groups -OCH3 is 2. The molecule has 0 saturated heterocycles. The number of aromatic carboxylic acids is 1. The highest BCUT2D eigenvalue weighted by atomic mass is 16.6. The molecule has 0 aliphatic heterocycles. The Bertz CT molecular complexity index is 1500. The molecule has 0 heterocycles. The lowest BCUT2D eigenvalue weighted by Gasteiger charge is -2.15. The maximum absolute atomic E-state index is 12.6. The Morgan fingerprint density at radius 2 is 1.21 bits per heavy atom. The molecule has 0 fully saturated rings. The molecular formula is C31H30O11. The van der Waals surface area contributed by atoms with Crippen molar-refractivity contribution in [3.8, 4) is 5.75 Å². The molecule has 11 heteroatoms. The van der Waals surface area contributed by atoms with Crippen molar-refractivity contribution in [1.82, 2.24) is 0 Å². The van der Waals surface area contributed by atoms with Gasteiger partial charge in [-0.3, -0.25) is 4.79 Å². The molecule has 0 aromatic heterocycles. The molecule has 3 aromatic carbocycles. The second-order valence-electron chi connectivity index (χ2n) is 9.62. The number of carbonyl (C=O) groups is 5. The minimum absolute atomic E-state index is 0.00117. The van der Waals surface area contributed by atoms with Gasteiger partial charge in [0.05, 0.1) is 36.5 Å². The third-order valence-electron chi connectivity index (χ3n) is 6.09. The van der Waals surface area contributed by atoms with Crippen LogP contribution in [0.5, 0.6) is 5.75 Å². The molecule has 2 N–H and O–H groups in total. The summed E-state index contributed by atoms with van der Waals surface area (Å²) in [5.74, 6) is -3.67. The van der Waals surface area contributed by atoms with E-state index in [2.05, 4.69) is 0 Å². The number of rotatable bonds is 12. The molecular weight excluding hydrogens is 548 g/mol. The molecule has 0 amide bonds. The van der Waals surface area contributed by atoms with E-state index in [0.717, 1.165) is 0 Å². The Morgan fingerprint density at radius 1 is 0.690 bits per heavy atom. The van der Waals surface area contributed by atoms with Gasteiger partial charge in [-0.15, -0.1) is 0 Å². The first-order valence-electron chi connectivity index (χ1n) is 12.7. The molecule has 0 aliphatic carbocycles. The first-order chi connectivity index (χ1) is 19.8. The van der Waals surface area contributed by atoms with Crippen LogP contribution >= 0.6 is 0 Å². The minimum atomic E-state index is -1.51. The first kappa shape index (κ1) is 31.5. The molecule has 0 aliphatic rings. The lowest BCUT2D eigenvalue weighted by atomic mass is 9.96. The summed E-state index contributed by atoms with van der Waals surface area (Å²) in [4.78, 5) is 60.9. The summed E-state index contributed by atoms with van der Waals surface area (Å²) in [5, 5.41) is 19.6. The van der Waals surface area contributed by atoms with Crippen molar-refractivity contribution in [3.63, 3.8) is 0 Å². The number of benzene rings is 3. The summed E-state index contributed by atoms with van der Waals surface area (Å²) < 4.78 is 20.2. The molecule has 42 heavy (non-hydrogen) atoms. The fourth-order valence-electron chi connectivity index (χ4n) is 3.99. The van der Waals surface area contributed by atoms with Crippen molar-refractivity contribution in [2.45, 2.75) is 25.9 Å². The number of carboxylic acid groups (broad SMARTS) is 1. The van der Waals surface area contributed by atoms with E-state index in [-0.39, 0.29) is 41.9 Å². The average Bonchev–Trinajstić information content (AvgIpc) is 2.97. The second kappa shape index (κ2) is 13.6. The highest BCUT2D eigenvalue weighted by Gasteiger charge is 2.25. The molecule has 220 valence electrons. The topological polar surface area (TPSA) is 163 Å². The van der Waals surface area contributed by atoms with E-state index in [1.165, 1.54) is 64.5 Å². The quantitative estimate of drug-likeness (QED) is 0.139. The summed E-state index contributed by atoms with van der Waals surface area (Å²) >= 11 is 0. The van der Waals surface area contributed by atoms with Crippen LogP contribution in [0.1, 0.15) is 76.8 Å². The third kappa shape index (κ3) is 7.79. The van der Waals surface area contributed by atoms with Crippen LogP contribution < -0.4 is 4.74 Å². The van der Waals surface area contributed by atoms with Crippen molar-refractivity contribution >= 4 is 29.7 Å². The van der Waals surface area contributed by atoms with Gasteiger partial charge in [-0.2, -0.15) is 0 Å². The van der Waals surface area contributed by atoms with Crippen molar-refractivity contribution in [1.29, 1.82) is 0 Å². The van der Waals surface area contributed by atoms with Crippen molar-refractivity contribution in [2.24, 2.45) is 0 Å². The van der Waals surface area contributed by atoms with Crippen LogP contribution in [-0.2, 0) is 20.6 Å². The average molecular weight is 579 g/mol. The van der Waals surface area contributed by atoms with Crippen molar-refractivity contribution in [2.75, 3.05) is 27.4 Å². The molecule has 0 unspecified atom stereocenters. The predicted octanol–water partition coefficient (Wildman–Crippen LogP) is 3.74. The third-order valence-corrected chi connectivity index (χ3v) is 6.09. The minimum Gasteiger partial charge on any atom is -0.490 e. The predicted molar refractivity (Wildman–Crippen MR) is 148 cm³/mol. The first-order valence-corrected chi connectivity index (χ1v) is 12.7. The summed E-state index contributed by atoms with van der Waals surface area (Å²) in [7, 11) is 2.37. The number of esters is 3. The fourth-order valence-corrected chi connectivity index (χ4v) is 3.99. The molecule has 0 atom stereocenters. The van der Waals surface area contributed by atoms with E-state index in [4.69, 9.17) is 18.9 Å². The number of Topliss-reactive ketones (excluding diaryl/α,β-unsaturated/α-hetero) is 1. The maximum atomic E-state index is 12.6. The van der Waals surface area contributed by atoms with Gasteiger partial charge in [0.2, 0.25) is 0 Å². The van der Waals surface area contributed by atoms with E-state index in [1.807, 2.05) is 0 Å². The van der Waals surface area contributed by atoms with Gasteiger partial charge in [0.15, 0.2) is 5.78 Å². The van der Waals surface area contributed by atoms with Crippen LogP contribution in [0.3, 0.4) is 0 Å². The number of carbonyl (C=O) groups excluding carboxylic acids is 4. The van der Waals surface area contributed by atoms with Gasteiger partial charge >= 0.3 is 23.9 Å². The van der Waals surface area contributed by atoms with E-state index in [9.17, 15) is 34.2 Å². The highest BCUT2D eigenvalue weighted by Crippen LogP contribution is 2.21. The van der Waals surface area contributed by atoms with Gasteiger partial charge in [0, 0.05) is 5.56 Å². The van der Waals surface area contributed by atoms with Crippen LogP contribution in [0.4, 0.5) is 0 Å². The van der Waals surface area contributed by atoms with E-state index >= 15 is 0 Å². The second-order valence-corrected chi connectivity index (χ2v) is 9.62. The number of carboxylic acids is 1. The van der Waals surface area contributed by atoms with Crippen molar-refractivity contribution < 1.29 is 53.1 Å². The van der Waals surface area contributed by atoms with Crippen LogP contribution in [0, 0.1) is 0 Å². The molecule has 0 bridgehead atoms. The zero-order chi connectivity index (χ0) is 31.0. The van der Waals surface area contributed by atoms with Gasteiger partial charge in [0.1, 0.15) is 24.6 Å². The Hall–Kier alpha value is -5.03.